The molecule has 0 aliphatic carbocycles. The maximum Gasteiger partial charge on any atom is 0.196 e. The molecule has 0 aliphatic rings. The lowest BCUT2D eigenvalue weighted by atomic mass is 10.2. The van der Waals surface area contributed by atoms with Gasteiger partial charge < -0.3 is 9.73 Å². The zero-order chi connectivity index (χ0) is 12.8. The van der Waals surface area contributed by atoms with Gasteiger partial charge in [0.15, 0.2) is 11.7 Å². The van der Waals surface area contributed by atoms with E-state index in [9.17, 15) is 0 Å². The standard InChI is InChI=1S/C14H17ClN2O/c1-2-8-16-9-7-14-17-10-13(18-14)11-3-5-12(15)6-4-11/h3-6,10,16H,2,7-9H2,1H3. The second-order valence-electron chi connectivity index (χ2n) is 4.13. The molecule has 0 spiro atoms. The first-order valence-corrected chi connectivity index (χ1v) is 6.58. The third-order valence-corrected chi connectivity index (χ3v) is 2.88. The number of rotatable bonds is 6. The lowest BCUT2D eigenvalue weighted by Crippen LogP contribution is -2.17. The van der Waals surface area contributed by atoms with Gasteiger partial charge in [-0.2, -0.15) is 0 Å². The Morgan fingerprint density at radius 3 is 2.72 bits per heavy atom. The molecule has 0 fully saturated rings. The summed E-state index contributed by atoms with van der Waals surface area (Å²) < 4.78 is 5.70. The highest BCUT2D eigenvalue weighted by Crippen LogP contribution is 2.22. The van der Waals surface area contributed by atoms with Crippen LogP contribution in [0.3, 0.4) is 0 Å². The van der Waals surface area contributed by atoms with Crippen molar-refractivity contribution in [3.05, 3.63) is 41.4 Å². The number of benzene rings is 1. The molecule has 1 N–H and O–H groups in total. The van der Waals surface area contributed by atoms with E-state index in [0.29, 0.717) is 0 Å². The molecule has 96 valence electrons. The molecular weight excluding hydrogens is 248 g/mol. The van der Waals surface area contributed by atoms with Crippen LogP contribution in [0.2, 0.25) is 5.02 Å². The topological polar surface area (TPSA) is 38.1 Å². The van der Waals surface area contributed by atoms with Crippen LogP contribution >= 0.6 is 11.6 Å². The van der Waals surface area contributed by atoms with Gasteiger partial charge in [-0.3, -0.25) is 0 Å². The average molecular weight is 265 g/mol. The van der Waals surface area contributed by atoms with Crippen molar-refractivity contribution in [2.24, 2.45) is 0 Å². The molecule has 0 saturated heterocycles. The van der Waals surface area contributed by atoms with Gasteiger partial charge in [0.2, 0.25) is 0 Å². The van der Waals surface area contributed by atoms with Crippen LogP contribution in [-0.2, 0) is 6.42 Å². The third-order valence-electron chi connectivity index (χ3n) is 2.62. The molecule has 0 radical (unpaired) electrons. The summed E-state index contributed by atoms with van der Waals surface area (Å²) in [5, 5.41) is 4.05. The summed E-state index contributed by atoms with van der Waals surface area (Å²) in [6, 6.07) is 7.56. The van der Waals surface area contributed by atoms with Crippen molar-refractivity contribution in [2.75, 3.05) is 13.1 Å². The number of hydrogen-bond donors (Lipinski definition) is 1. The minimum Gasteiger partial charge on any atom is -0.441 e. The van der Waals surface area contributed by atoms with Gasteiger partial charge in [0.05, 0.1) is 6.20 Å². The van der Waals surface area contributed by atoms with Crippen molar-refractivity contribution in [3.8, 4) is 11.3 Å². The first-order chi connectivity index (χ1) is 8.79. The predicted molar refractivity (Wildman–Crippen MR) is 73.8 cm³/mol. The fraction of sp³-hybridized carbons (Fsp3) is 0.357. The van der Waals surface area contributed by atoms with Crippen LogP contribution < -0.4 is 5.32 Å². The minimum absolute atomic E-state index is 0.724. The van der Waals surface area contributed by atoms with Crippen molar-refractivity contribution in [1.82, 2.24) is 10.3 Å². The van der Waals surface area contributed by atoms with E-state index >= 15 is 0 Å². The van der Waals surface area contributed by atoms with E-state index < -0.39 is 0 Å². The highest BCUT2D eigenvalue weighted by molar-refractivity contribution is 6.30. The first-order valence-electron chi connectivity index (χ1n) is 6.21. The van der Waals surface area contributed by atoms with Crippen molar-refractivity contribution >= 4 is 11.6 Å². The second-order valence-corrected chi connectivity index (χ2v) is 4.56. The maximum absolute atomic E-state index is 5.85. The van der Waals surface area contributed by atoms with E-state index in [4.69, 9.17) is 16.0 Å². The van der Waals surface area contributed by atoms with E-state index in [1.165, 1.54) is 0 Å². The molecule has 3 nitrogen and oxygen atoms in total. The van der Waals surface area contributed by atoms with E-state index in [0.717, 1.165) is 48.2 Å². The molecular formula is C14H17ClN2O. The Morgan fingerprint density at radius 2 is 2.00 bits per heavy atom. The molecule has 1 aromatic carbocycles. The molecule has 0 amide bonds. The average Bonchev–Trinajstić information content (AvgIpc) is 2.84. The van der Waals surface area contributed by atoms with Crippen LogP contribution in [0, 0.1) is 0 Å². The summed E-state index contributed by atoms with van der Waals surface area (Å²) in [5.74, 6) is 1.56. The van der Waals surface area contributed by atoms with Crippen LogP contribution in [0.4, 0.5) is 0 Å². The van der Waals surface area contributed by atoms with Gasteiger partial charge >= 0.3 is 0 Å². The summed E-state index contributed by atoms with van der Waals surface area (Å²) in [4.78, 5) is 4.27. The largest absolute Gasteiger partial charge is 0.441 e. The number of nitrogens with zero attached hydrogens (tertiary/aromatic N) is 1. The van der Waals surface area contributed by atoms with Gasteiger partial charge in [-0.1, -0.05) is 18.5 Å². The lowest BCUT2D eigenvalue weighted by Gasteiger charge is -1.99. The molecule has 0 aliphatic heterocycles. The smallest absolute Gasteiger partial charge is 0.196 e. The Morgan fingerprint density at radius 1 is 1.22 bits per heavy atom. The normalized spacial score (nSPS) is 10.8. The van der Waals surface area contributed by atoms with Gasteiger partial charge in [0.25, 0.3) is 0 Å². The molecule has 0 bridgehead atoms. The molecule has 18 heavy (non-hydrogen) atoms. The van der Waals surface area contributed by atoms with Crippen molar-refractivity contribution in [3.63, 3.8) is 0 Å². The van der Waals surface area contributed by atoms with Gasteiger partial charge in [-0.05, 0) is 37.2 Å². The van der Waals surface area contributed by atoms with Crippen LogP contribution in [0.25, 0.3) is 11.3 Å². The van der Waals surface area contributed by atoms with Crippen molar-refractivity contribution in [1.29, 1.82) is 0 Å². The van der Waals surface area contributed by atoms with E-state index in [-0.39, 0.29) is 0 Å². The Kier molecular flexibility index (Phi) is 4.79. The molecule has 1 heterocycles. The number of oxazole rings is 1. The molecule has 2 aromatic rings. The van der Waals surface area contributed by atoms with Crippen LogP contribution in [0.1, 0.15) is 19.2 Å². The fourth-order valence-corrected chi connectivity index (χ4v) is 1.80. The van der Waals surface area contributed by atoms with E-state index in [2.05, 4.69) is 17.2 Å². The molecule has 1 aromatic heterocycles. The summed E-state index contributed by atoms with van der Waals surface area (Å²) in [6.07, 6.45) is 3.72. The Balaban J connectivity index is 1.95. The Bertz CT molecular complexity index is 479. The number of halogens is 1. The minimum atomic E-state index is 0.724. The van der Waals surface area contributed by atoms with Gasteiger partial charge in [-0.25, -0.2) is 4.98 Å². The summed E-state index contributed by atoms with van der Waals surface area (Å²) in [5.41, 5.74) is 1.000. The van der Waals surface area contributed by atoms with E-state index in [1.54, 1.807) is 6.20 Å². The molecule has 0 saturated carbocycles. The third kappa shape index (κ3) is 3.59. The van der Waals surface area contributed by atoms with Crippen LogP contribution in [-0.4, -0.2) is 18.1 Å². The second kappa shape index (κ2) is 6.57. The molecule has 2 rings (SSSR count). The zero-order valence-corrected chi connectivity index (χ0v) is 11.2. The van der Waals surface area contributed by atoms with Crippen LogP contribution in [0.15, 0.2) is 34.9 Å². The molecule has 4 heteroatoms. The highest BCUT2D eigenvalue weighted by atomic mass is 35.5. The first kappa shape index (κ1) is 13.1. The van der Waals surface area contributed by atoms with Crippen molar-refractivity contribution < 1.29 is 4.42 Å². The maximum atomic E-state index is 5.85. The quantitative estimate of drug-likeness (QED) is 0.811. The summed E-state index contributed by atoms with van der Waals surface area (Å²) >= 11 is 5.85. The van der Waals surface area contributed by atoms with Gasteiger partial charge in [0.1, 0.15) is 0 Å². The molecule has 0 unspecified atom stereocenters. The monoisotopic (exact) mass is 264 g/mol. The SMILES string of the molecule is CCCNCCc1ncc(-c2ccc(Cl)cc2)o1. The summed E-state index contributed by atoms with van der Waals surface area (Å²) in [6.45, 7) is 4.08. The van der Waals surface area contributed by atoms with Crippen molar-refractivity contribution in [2.45, 2.75) is 19.8 Å². The van der Waals surface area contributed by atoms with Crippen LogP contribution in [0.5, 0.6) is 0 Å². The Labute approximate surface area is 112 Å². The number of hydrogen-bond acceptors (Lipinski definition) is 3. The molecule has 0 atom stereocenters. The number of aromatic nitrogens is 1. The van der Waals surface area contributed by atoms with E-state index in [1.807, 2.05) is 24.3 Å². The summed E-state index contributed by atoms with van der Waals surface area (Å²) in [7, 11) is 0. The van der Waals surface area contributed by atoms with Gasteiger partial charge in [-0.15, -0.1) is 0 Å². The lowest BCUT2D eigenvalue weighted by molar-refractivity contribution is 0.495. The fourth-order valence-electron chi connectivity index (χ4n) is 1.67. The Hall–Kier alpha value is -1.32. The number of nitrogens with one attached hydrogen (secondary N) is 1. The zero-order valence-electron chi connectivity index (χ0n) is 10.4. The highest BCUT2D eigenvalue weighted by Gasteiger charge is 2.05. The predicted octanol–water partition coefficient (Wildman–Crippen LogP) is 3.54. The van der Waals surface area contributed by atoms with Gasteiger partial charge in [0, 0.05) is 23.6 Å².